The molecule has 17 heteroatoms. The number of thioether (sulfide) groups is 1. The number of amides is 3. The number of carboxylic acid groups (broad SMARTS) is 1. The van der Waals surface area contributed by atoms with Gasteiger partial charge in [0.2, 0.25) is 23.0 Å². The van der Waals surface area contributed by atoms with E-state index in [9.17, 15) is 24.3 Å². The summed E-state index contributed by atoms with van der Waals surface area (Å²) in [5, 5.41) is 16.8. The van der Waals surface area contributed by atoms with Crippen LogP contribution in [-0.2, 0) is 29.6 Å². The van der Waals surface area contributed by atoms with Gasteiger partial charge in [-0.2, -0.15) is 9.36 Å². The zero-order valence-corrected chi connectivity index (χ0v) is 30.8. The summed E-state index contributed by atoms with van der Waals surface area (Å²) in [6, 6.07) is 27.2. The number of hydrogen-bond acceptors (Lipinski definition) is 13. The maximum atomic E-state index is 14.2. The Hall–Kier alpha value is -5.88. The van der Waals surface area contributed by atoms with Crippen molar-refractivity contribution < 1.29 is 29.1 Å². The summed E-state index contributed by atoms with van der Waals surface area (Å²) in [6.07, 6.45) is 2.06. The van der Waals surface area contributed by atoms with Gasteiger partial charge in [0.25, 0.3) is 11.8 Å². The molecule has 3 saturated heterocycles. The van der Waals surface area contributed by atoms with Crippen molar-refractivity contribution in [2.75, 3.05) is 31.1 Å². The fourth-order valence-electron chi connectivity index (χ4n) is 7.27. The van der Waals surface area contributed by atoms with Gasteiger partial charge in [0.1, 0.15) is 17.1 Å². The molecule has 0 saturated carbocycles. The summed E-state index contributed by atoms with van der Waals surface area (Å²) in [5.74, 6) is -2.81. The van der Waals surface area contributed by atoms with Crippen molar-refractivity contribution in [1.82, 2.24) is 35.3 Å². The molecule has 1 aromatic heterocycles. The number of likely N-dealkylation sites (tertiary alicyclic amines) is 1. The summed E-state index contributed by atoms with van der Waals surface area (Å²) in [4.78, 5) is 67.5. The van der Waals surface area contributed by atoms with Gasteiger partial charge in [0, 0.05) is 59.2 Å². The lowest BCUT2D eigenvalue weighted by molar-refractivity contribution is -0.150. The van der Waals surface area contributed by atoms with Crippen molar-refractivity contribution in [3.63, 3.8) is 0 Å². The van der Waals surface area contributed by atoms with E-state index in [1.54, 1.807) is 11.0 Å². The number of nitrogen functional groups attached to an aromatic ring is 1. The standard InChI is InChI=1S/C38H35N9O6S2/c39-37-43-31(45-55-37)28(44-53-38(24-10-4-1-5-11-24,25-12-6-2-7-13-25)26-14-8-3-9-15-26)32(48)42-29-34(50)47-30(36(51)52)23(21-54-35(29)47)18-22-16-17-46(33(22)49)27-19-40-41-20-27/h1-15,18,27,29,35,40-41H,16-17,19-21H2,(H,42,48)(H,51,52)(H2,39,43,45)/t29-,35-/m1/s1. The van der Waals surface area contributed by atoms with Crippen molar-refractivity contribution >= 4 is 57.8 Å². The second-order valence-electron chi connectivity index (χ2n) is 13.1. The predicted molar refractivity (Wildman–Crippen MR) is 205 cm³/mol. The van der Waals surface area contributed by atoms with E-state index in [4.69, 9.17) is 10.6 Å². The third kappa shape index (κ3) is 6.64. The van der Waals surface area contributed by atoms with Crippen LogP contribution in [0.4, 0.5) is 5.13 Å². The Morgan fingerprint density at radius 3 is 2.11 bits per heavy atom. The second-order valence-corrected chi connectivity index (χ2v) is 15.0. The highest BCUT2D eigenvalue weighted by Gasteiger charge is 2.54. The Morgan fingerprint density at radius 2 is 1.56 bits per heavy atom. The third-order valence-electron chi connectivity index (χ3n) is 9.92. The first-order valence-electron chi connectivity index (χ1n) is 17.5. The molecular formula is C38H35N9O6S2. The molecule has 55 heavy (non-hydrogen) atoms. The SMILES string of the molecule is Nc1nc(C(=NOC(c2ccccc2)(c2ccccc2)c2ccccc2)C(=O)N[C@@H]2C(=O)N3C(C(=O)O)=C(C=C4CCN(C5CNNC5)C4=O)CS[C@H]23)ns1. The Morgan fingerprint density at radius 1 is 0.964 bits per heavy atom. The number of benzene rings is 3. The summed E-state index contributed by atoms with van der Waals surface area (Å²) >= 11 is 2.15. The number of anilines is 1. The van der Waals surface area contributed by atoms with Gasteiger partial charge in [-0.05, 0) is 18.1 Å². The molecule has 6 N–H and O–H groups in total. The van der Waals surface area contributed by atoms with Crippen molar-refractivity contribution in [2.24, 2.45) is 5.16 Å². The Labute approximate surface area is 323 Å². The fourth-order valence-corrected chi connectivity index (χ4v) is 9.01. The predicted octanol–water partition coefficient (Wildman–Crippen LogP) is 2.21. The molecule has 4 aliphatic rings. The minimum absolute atomic E-state index is 0.000971. The number of hydrogen-bond donors (Lipinski definition) is 5. The normalized spacial score (nSPS) is 21.2. The summed E-state index contributed by atoms with van der Waals surface area (Å²) in [7, 11) is 0. The molecule has 4 aromatic rings. The van der Waals surface area contributed by atoms with E-state index in [0.29, 0.717) is 37.2 Å². The summed E-state index contributed by atoms with van der Waals surface area (Å²) in [6.45, 7) is 1.76. The Balaban J connectivity index is 1.10. The van der Waals surface area contributed by atoms with E-state index >= 15 is 0 Å². The number of oxime groups is 1. The maximum Gasteiger partial charge on any atom is 0.352 e. The molecule has 8 rings (SSSR count). The molecule has 5 heterocycles. The van der Waals surface area contributed by atoms with Gasteiger partial charge in [-0.3, -0.25) is 30.1 Å². The fraction of sp³-hybridized carbons (Fsp3) is 0.237. The van der Waals surface area contributed by atoms with Gasteiger partial charge in [0.15, 0.2) is 5.13 Å². The Bertz CT molecular complexity index is 2130. The van der Waals surface area contributed by atoms with Crippen LogP contribution >= 0.6 is 23.3 Å². The van der Waals surface area contributed by atoms with Crippen molar-refractivity contribution in [3.8, 4) is 0 Å². The number of carbonyl (C=O) groups excluding carboxylic acids is 3. The van der Waals surface area contributed by atoms with E-state index in [1.165, 1.54) is 11.8 Å². The third-order valence-corrected chi connectivity index (χ3v) is 11.8. The molecule has 3 fully saturated rings. The molecule has 0 radical (unpaired) electrons. The zero-order valence-electron chi connectivity index (χ0n) is 29.1. The van der Waals surface area contributed by atoms with Crippen LogP contribution < -0.4 is 21.9 Å². The van der Waals surface area contributed by atoms with Crippen LogP contribution in [0, 0.1) is 0 Å². The van der Waals surface area contributed by atoms with E-state index in [1.807, 2.05) is 91.0 Å². The molecule has 4 aliphatic heterocycles. The number of carboxylic acids is 1. The molecule has 15 nitrogen and oxygen atoms in total. The van der Waals surface area contributed by atoms with Crippen LogP contribution in [0.2, 0.25) is 0 Å². The zero-order chi connectivity index (χ0) is 38.1. The van der Waals surface area contributed by atoms with E-state index < -0.39 is 34.8 Å². The number of β-lactam (4-membered cyclic amide) rings is 1. The first kappa shape index (κ1) is 36.1. The van der Waals surface area contributed by atoms with Crippen LogP contribution in [0.5, 0.6) is 0 Å². The number of fused-ring (bicyclic) bond motifs is 1. The van der Waals surface area contributed by atoms with Crippen LogP contribution in [0.1, 0.15) is 28.9 Å². The molecule has 2 atom stereocenters. The van der Waals surface area contributed by atoms with E-state index in [0.717, 1.165) is 33.1 Å². The molecule has 0 spiro atoms. The van der Waals surface area contributed by atoms with Crippen LogP contribution in [0.15, 0.2) is 119 Å². The number of rotatable bonds is 11. The molecule has 0 unspecified atom stereocenters. The topological polar surface area (TPSA) is 204 Å². The summed E-state index contributed by atoms with van der Waals surface area (Å²) in [5.41, 5.74) is 13.1. The second kappa shape index (κ2) is 15.1. The highest BCUT2D eigenvalue weighted by Crippen LogP contribution is 2.43. The first-order chi connectivity index (χ1) is 26.8. The monoisotopic (exact) mass is 777 g/mol. The van der Waals surface area contributed by atoms with Crippen LogP contribution in [-0.4, -0.2) is 96.5 Å². The number of nitrogens with zero attached hydrogens (tertiary/aromatic N) is 5. The van der Waals surface area contributed by atoms with E-state index in [-0.39, 0.29) is 40.1 Å². The van der Waals surface area contributed by atoms with Crippen LogP contribution in [0.25, 0.3) is 0 Å². The highest BCUT2D eigenvalue weighted by atomic mass is 32.2. The average Bonchev–Trinajstić information content (AvgIpc) is 3.98. The summed E-state index contributed by atoms with van der Waals surface area (Å²) < 4.78 is 4.24. The number of allylic oxidation sites excluding steroid dienone is 1. The lowest BCUT2D eigenvalue weighted by atomic mass is 9.80. The molecule has 0 bridgehead atoms. The minimum atomic E-state index is -1.34. The van der Waals surface area contributed by atoms with Gasteiger partial charge in [-0.25, -0.2) is 4.79 Å². The highest BCUT2D eigenvalue weighted by molar-refractivity contribution is 8.00. The van der Waals surface area contributed by atoms with Gasteiger partial charge < -0.3 is 25.9 Å². The number of carbonyl (C=O) groups is 4. The van der Waals surface area contributed by atoms with Crippen molar-refractivity contribution in [3.05, 3.63) is 136 Å². The van der Waals surface area contributed by atoms with Gasteiger partial charge in [-0.1, -0.05) is 96.2 Å². The quantitative estimate of drug-likeness (QED) is 0.0489. The first-order valence-corrected chi connectivity index (χ1v) is 19.3. The largest absolute Gasteiger partial charge is 0.477 e. The molecule has 3 aromatic carbocycles. The van der Waals surface area contributed by atoms with E-state index in [2.05, 4.69) is 30.7 Å². The molecule has 280 valence electrons. The van der Waals surface area contributed by atoms with Crippen molar-refractivity contribution in [2.45, 2.75) is 29.5 Å². The lowest BCUT2D eigenvalue weighted by Crippen LogP contribution is -2.71. The molecule has 0 aliphatic carbocycles. The van der Waals surface area contributed by atoms with Crippen molar-refractivity contribution in [1.29, 1.82) is 0 Å². The lowest BCUT2D eigenvalue weighted by Gasteiger charge is -2.49. The number of aliphatic carboxylic acids is 1. The number of aromatic nitrogens is 2. The average molecular weight is 778 g/mol. The minimum Gasteiger partial charge on any atom is -0.477 e. The molecule has 3 amide bonds. The van der Waals surface area contributed by atoms with Gasteiger partial charge in [-0.15, -0.1) is 11.8 Å². The number of nitrogens with two attached hydrogens (primary N) is 1. The number of nitrogens with one attached hydrogen (secondary N) is 3. The van der Waals surface area contributed by atoms with Crippen LogP contribution in [0.3, 0.4) is 0 Å². The smallest absolute Gasteiger partial charge is 0.352 e. The molecular weight excluding hydrogens is 743 g/mol. The van der Waals surface area contributed by atoms with Gasteiger partial charge in [0.05, 0.1) is 6.04 Å². The Kier molecular flexibility index (Phi) is 9.91. The number of hydrazine groups is 1. The van der Waals surface area contributed by atoms with Gasteiger partial charge >= 0.3 is 5.97 Å². The maximum absolute atomic E-state index is 14.2.